The number of carbonyl (C=O) groups is 5. The lowest BCUT2D eigenvalue weighted by atomic mass is 10.1. The predicted molar refractivity (Wildman–Crippen MR) is 467 cm³/mol. The molecule has 0 aliphatic heterocycles. The van der Waals surface area contributed by atoms with Gasteiger partial charge in [-0.15, -0.1) is 0 Å². The van der Waals surface area contributed by atoms with Crippen LogP contribution in [0, 0.1) is 17.0 Å². The van der Waals surface area contributed by atoms with Crippen molar-refractivity contribution in [2.45, 2.75) is 6.92 Å². The molecule has 0 radical (unpaired) electrons. The molecule has 15 rings (SSSR count). The molecule has 0 fully saturated rings. The number of para-hydroxylation sites is 3. The van der Waals surface area contributed by atoms with Crippen molar-refractivity contribution >= 4 is 132 Å². The number of rotatable bonds is 17. The van der Waals surface area contributed by atoms with Crippen LogP contribution in [-0.4, -0.2) is 124 Å². The number of nitrogens with one attached hydrogen (secondary N) is 5. The monoisotopic (exact) mass is 1650 g/mol. The number of methoxy groups -OCH3 is 1. The number of aromatic hydroxyl groups is 10. The van der Waals surface area contributed by atoms with Gasteiger partial charge in [0.2, 0.25) is 0 Å². The van der Waals surface area contributed by atoms with Gasteiger partial charge in [-0.25, -0.2) is 27.1 Å². The molecule has 0 heterocycles. The quantitative estimate of drug-likeness (QED) is 0.0229. The van der Waals surface area contributed by atoms with Gasteiger partial charge in [-0.3, -0.25) is 34.1 Å². The van der Waals surface area contributed by atoms with Crippen LogP contribution in [0.3, 0.4) is 0 Å². The summed E-state index contributed by atoms with van der Waals surface area (Å²) in [5.74, 6) is -3.32. The van der Waals surface area contributed by atoms with Gasteiger partial charge in [-0.1, -0.05) is 163 Å². The summed E-state index contributed by atoms with van der Waals surface area (Å²) in [7, 11) is 1.44. The Labute approximate surface area is 698 Å². The molecule has 0 saturated carbocycles. The Morgan fingerprint density at radius 1 is 0.311 bits per heavy atom. The standard InChI is InChI=1S/C19H16N2O4.C19H16N2O3.C18H13ClN2O3.C18H13N3O5.C18H14N2O3/c1-25-17-8-4-7-14(18(17)23)11-20-21-19(24)15-9-12-5-2-3-6-13(12)10-16(15)22;1-12-5-4-8-15(18(12)23)11-20-21-19(24)16-9-13-6-2-3-7-14(13)10-17(16)22;19-14-5-6-16(22)13(7-14)10-20-21-18(24)15-8-11-3-1-2-4-12(11)9-17(15)23;22-16-6-5-14(21(25)26)7-13(16)10-19-20-18(24)15-8-11-3-1-2-4-12(11)9-17(15)23;21-16-8-4-3-7-14(16)11-19-20-18(23)15-9-12-5-1-2-6-13(12)10-17(15)22/h2-11,22-23H,1H3,(H,21,24);2-11,22-23H,1H3,(H,21,24);1-10,22-23H,(H,21,24);1-10,22-23H,(H,20,24);1-11,21-22H,(H,20,23)/b2*20-11+;20-10+;19-10+;19-11+. The van der Waals surface area contributed by atoms with Crippen LogP contribution < -0.4 is 31.9 Å². The molecule has 0 aliphatic rings. The summed E-state index contributed by atoms with van der Waals surface area (Å²) in [6.07, 6.45) is 6.35. The first-order valence-corrected chi connectivity index (χ1v) is 36.8. The highest BCUT2D eigenvalue weighted by Crippen LogP contribution is 2.33. The predicted octanol–water partition coefficient (Wildman–Crippen LogP) is 16.0. The van der Waals surface area contributed by atoms with E-state index >= 15 is 0 Å². The number of hydrogen-bond donors (Lipinski definition) is 15. The van der Waals surface area contributed by atoms with Gasteiger partial charge in [-0.2, -0.15) is 25.5 Å². The topological polar surface area (TPSA) is 462 Å². The van der Waals surface area contributed by atoms with Crippen LogP contribution >= 0.6 is 11.6 Å². The van der Waals surface area contributed by atoms with Crippen molar-refractivity contribution in [3.05, 3.63) is 355 Å². The van der Waals surface area contributed by atoms with Gasteiger partial charge in [0.25, 0.3) is 35.2 Å². The van der Waals surface area contributed by atoms with E-state index in [2.05, 4.69) is 52.6 Å². The summed E-state index contributed by atoms with van der Waals surface area (Å²) in [4.78, 5) is 71.1. The van der Waals surface area contributed by atoms with Gasteiger partial charge in [0.15, 0.2) is 11.5 Å². The van der Waals surface area contributed by atoms with E-state index in [1.165, 1.54) is 80.5 Å². The van der Waals surface area contributed by atoms with E-state index in [9.17, 15) is 85.2 Å². The van der Waals surface area contributed by atoms with Crippen molar-refractivity contribution in [1.29, 1.82) is 0 Å². The van der Waals surface area contributed by atoms with Crippen molar-refractivity contribution in [3.8, 4) is 63.2 Å². The van der Waals surface area contributed by atoms with Crippen molar-refractivity contribution < 1.29 is 84.7 Å². The molecule has 0 saturated heterocycles. The highest BCUT2D eigenvalue weighted by atomic mass is 35.5. The lowest BCUT2D eigenvalue weighted by molar-refractivity contribution is -0.384. The van der Waals surface area contributed by atoms with E-state index in [-0.39, 0.29) is 96.6 Å². The zero-order chi connectivity index (χ0) is 86.9. The molecule has 29 nitrogen and oxygen atoms in total. The summed E-state index contributed by atoms with van der Waals surface area (Å²) in [5, 5.41) is 137. The molecule has 30 heteroatoms. The maximum absolute atomic E-state index is 12.2. The lowest BCUT2D eigenvalue weighted by Crippen LogP contribution is -2.17. The first-order valence-electron chi connectivity index (χ1n) is 36.5. The Morgan fingerprint density at radius 2 is 0.582 bits per heavy atom. The molecule has 0 atom stereocenters. The van der Waals surface area contributed by atoms with Crippen molar-refractivity contribution in [1.82, 2.24) is 27.1 Å². The Hall–Kier alpha value is -17.2. The third kappa shape index (κ3) is 22.2. The molecule has 0 aliphatic carbocycles. The molecule has 5 amide bonds. The summed E-state index contributed by atoms with van der Waals surface area (Å²) in [6.45, 7) is 1.78. The largest absolute Gasteiger partial charge is 0.507 e. The van der Waals surface area contributed by atoms with Crippen LogP contribution in [0.25, 0.3) is 53.9 Å². The number of hydrogen-bond acceptors (Lipinski definition) is 23. The zero-order valence-electron chi connectivity index (χ0n) is 64.2. The smallest absolute Gasteiger partial charge is 0.275 e. The minimum absolute atomic E-state index is 0.00838. The Kier molecular flexibility index (Phi) is 28.4. The third-order valence-electron chi connectivity index (χ3n) is 18.1. The molecule has 122 heavy (non-hydrogen) atoms. The number of nitro benzene ring substituents is 1. The summed E-state index contributed by atoms with van der Waals surface area (Å²) in [5.41, 5.74) is 14.4. The van der Waals surface area contributed by atoms with E-state index in [4.69, 9.17) is 16.3 Å². The van der Waals surface area contributed by atoms with E-state index in [0.717, 1.165) is 83.8 Å². The average Bonchev–Trinajstić information content (AvgIpc) is 0.825. The number of nitro groups is 1. The number of amides is 5. The van der Waals surface area contributed by atoms with Gasteiger partial charge in [0, 0.05) is 45.0 Å². The van der Waals surface area contributed by atoms with E-state index < -0.39 is 34.5 Å². The number of ether oxygens (including phenoxy) is 1. The second-order valence-corrected chi connectivity index (χ2v) is 26.7. The fourth-order valence-corrected chi connectivity index (χ4v) is 11.9. The van der Waals surface area contributed by atoms with Crippen LogP contribution in [0.5, 0.6) is 63.2 Å². The number of non-ortho nitro benzene ring substituents is 1. The molecule has 15 aromatic rings. The van der Waals surface area contributed by atoms with Crippen molar-refractivity contribution in [3.63, 3.8) is 0 Å². The minimum Gasteiger partial charge on any atom is -0.507 e. The summed E-state index contributed by atoms with van der Waals surface area (Å²) < 4.78 is 5.01. The average molecular weight is 1660 g/mol. The van der Waals surface area contributed by atoms with E-state index in [0.29, 0.717) is 33.0 Å². The minimum atomic E-state index is -0.658. The molecule has 0 spiro atoms. The van der Waals surface area contributed by atoms with Gasteiger partial charge < -0.3 is 55.8 Å². The molecule has 0 unspecified atom stereocenters. The third-order valence-corrected chi connectivity index (χ3v) is 18.3. The molecule has 15 N–H and O–H groups in total. The second-order valence-electron chi connectivity index (χ2n) is 26.3. The Bertz CT molecular complexity index is 6550. The Morgan fingerprint density at radius 3 is 0.918 bits per heavy atom. The normalized spacial score (nSPS) is 11.0. The second kappa shape index (κ2) is 40.4. The van der Waals surface area contributed by atoms with Crippen LogP contribution in [0.4, 0.5) is 5.69 Å². The lowest BCUT2D eigenvalue weighted by Gasteiger charge is -2.06. The highest BCUT2D eigenvalue weighted by molar-refractivity contribution is 6.31. The van der Waals surface area contributed by atoms with Crippen LogP contribution in [-0.2, 0) is 0 Å². The van der Waals surface area contributed by atoms with Crippen LogP contribution in [0.1, 0.15) is 85.2 Å². The van der Waals surface area contributed by atoms with Crippen LogP contribution in [0.15, 0.2) is 305 Å². The first-order chi connectivity index (χ1) is 58.8. The maximum atomic E-state index is 12.2. The van der Waals surface area contributed by atoms with E-state index in [1.807, 2.05) is 109 Å². The first kappa shape index (κ1) is 85.7. The number of halogens is 1. The maximum Gasteiger partial charge on any atom is 0.275 e. The molecular formula is C92H72ClN11O18. The van der Waals surface area contributed by atoms with Gasteiger partial charge in [0.1, 0.15) is 51.7 Å². The number of phenolic OH excluding ortho intramolecular Hbond substituents is 10. The fourth-order valence-electron chi connectivity index (χ4n) is 11.7. The zero-order valence-corrected chi connectivity index (χ0v) is 65.0. The van der Waals surface area contributed by atoms with Gasteiger partial charge >= 0.3 is 0 Å². The summed E-state index contributed by atoms with van der Waals surface area (Å²) in [6, 6.07) is 77.2. The number of phenols is 10. The molecule has 15 aromatic carbocycles. The van der Waals surface area contributed by atoms with Gasteiger partial charge in [-0.05, 0) is 182 Å². The molecule has 0 bridgehead atoms. The number of benzene rings is 15. The van der Waals surface area contributed by atoms with Crippen LogP contribution in [0.2, 0.25) is 5.02 Å². The number of hydrazone groups is 5. The molecule has 0 aromatic heterocycles. The fraction of sp³-hybridized carbons (Fsp3) is 0.0217. The number of aryl methyl sites for hydroxylation is 1. The molecule has 610 valence electrons. The van der Waals surface area contributed by atoms with Crippen molar-refractivity contribution in [2.75, 3.05) is 7.11 Å². The number of nitrogens with zero attached hydrogens (tertiary/aromatic N) is 6. The number of carbonyl (C=O) groups excluding carboxylic acids is 5. The van der Waals surface area contributed by atoms with Gasteiger partial charge in [0.05, 0.1) is 70.9 Å². The molecular weight excluding hydrogens is 1580 g/mol. The highest BCUT2D eigenvalue weighted by Gasteiger charge is 2.19. The Balaban J connectivity index is 0.000000149. The summed E-state index contributed by atoms with van der Waals surface area (Å²) >= 11 is 5.84. The van der Waals surface area contributed by atoms with E-state index in [1.54, 1.807) is 110 Å². The number of fused-ring (bicyclic) bond motifs is 5. The SMILES string of the molecule is COc1cccc(/C=N/NC(=O)c2cc3ccccc3cc2O)c1O.Cc1cccc(/C=N/NC(=O)c2cc3ccccc3cc2O)c1O.O=C(N/N=C/c1cc(Cl)ccc1O)c1cc2ccccc2cc1O.O=C(N/N=C/c1cc([N+](=O)[O-])ccc1O)c1cc2ccccc2cc1O.O=C(N/N=C/c1ccccc1O)c1cc2ccccc2cc1O. The van der Waals surface area contributed by atoms with Crippen molar-refractivity contribution in [2.24, 2.45) is 25.5 Å².